The van der Waals surface area contributed by atoms with Crippen molar-refractivity contribution in [3.05, 3.63) is 48.8 Å². The fraction of sp³-hybridized carbons (Fsp3) is 0.200. The van der Waals surface area contributed by atoms with Crippen molar-refractivity contribution >= 4 is 0 Å². The maximum atomic E-state index is 8.75. The molecule has 0 saturated heterocycles. The Hall–Kier alpha value is -1.52. The van der Waals surface area contributed by atoms with E-state index in [0.717, 1.165) is 5.06 Å². The van der Waals surface area contributed by atoms with E-state index < -0.39 is 6.29 Å². The molecule has 1 aliphatic rings. The SMILES string of the molecule is CN1C=CN(O)C1N.c1ccccc1. The van der Waals surface area contributed by atoms with Crippen molar-refractivity contribution in [2.45, 2.75) is 6.29 Å². The van der Waals surface area contributed by atoms with Crippen LogP contribution in [0.4, 0.5) is 0 Å². The largest absolute Gasteiger partial charge is 0.345 e. The zero-order chi connectivity index (χ0) is 10.4. The Morgan fingerprint density at radius 3 is 1.57 bits per heavy atom. The molecule has 4 nitrogen and oxygen atoms in total. The number of nitrogens with zero attached hydrogens (tertiary/aromatic N) is 2. The molecule has 0 amide bonds. The van der Waals surface area contributed by atoms with Crippen molar-refractivity contribution in [2.75, 3.05) is 7.05 Å². The first-order valence-electron chi connectivity index (χ1n) is 4.35. The predicted octanol–water partition coefficient (Wildman–Crippen LogP) is 1.02. The van der Waals surface area contributed by atoms with Crippen molar-refractivity contribution in [3.63, 3.8) is 0 Å². The van der Waals surface area contributed by atoms with E-state index in [9.17, 15) is 0 Å². The third-order valence-electron chi connectivity index (χ3n) is 1.81. The van der Waals surface area contributed by atoms with Crippen molar-refractivity contribution in [2.24, 2.45) is 5.73 Å². The zero-order valence-corrected chi connectivity index (χ0v) is 8.12. The number of hydroxylamine groups is 2. The van der Waals surface area contributed by atoms with Gasteiger partial charge in [-0.3, -0.25) is 10.9 Å². The Labute approximate surface area is 83.8 Å². The minimum absolute atomic E-state index is 0.407. The summed E-state index contributed by atoms with van der Waals surface area (Å²) in [6.07, 6.45) is 2.80. The third kappa shape index (κ3) is 3.08. The molecule has 1 unspecified atom stereocenters. The Morgan fingerprint density at radius 1 is 1.00 bits per heavy atom. The summed E-state index contributed by atoms with van der Waals surface area (Å²) >= 11 is 0. The molecule has 0 bridgehead atoms. The topological polar surface area (TPSA) is 52.7 Å². The summed E-state index contributed by atoms with van der Waals surface area (Å²) in [5.41, 5.74) is 5.36. The van der Waals surface area contributed by atoms with Crippen molar-refractivity contribution < 1.29 is 5.21 Å². The van der Waals surface area contributed by atoms with Crippen LogP contribution in [0.3, 0.4) is 0 Å². The summed E-state index contributed by atoms with van der Waals surface area (Å²) in [6, 6.07) is 12.0. The quantitative estimate of drug-likeness (QED) is 0.646. The van der Waals surface area contributed by atoms with E-state index in [2.05, 4.69) is 0 Å². The molecule has 1 aliphatic heterocycles. The van der Waals surface area contributed by atoms with Gasteiger partial charge in [0.1, 0.15) is 0 Å². The second-order valence-corrected chi connectivity index (χ2v) is 2.91. The van der Waals surface area contributed by atoms with Crippen LogP contribution in [0.15, 0.2) is 48.8 Å². The number of hydrogen-bond donors (Lipinski definition) is 2. The highest BCUT2D eigenvalue weighted by Crippen LogP contribution is 2.03. The van der Waals surface area contributed by atoms with E-state index in [1.807, 2.05) is 36.4 Å². The second-order valence-electron chi connectivity index (χ2n) is 2.91. The molecule has 2 rings (SSSR count). The lowest BCUT2D eigenvalue weighted by Crippen LogP contribution is -2.42. The average molecular weight is 193 g/mol. The molecule has 0 fully saturated rings. The fourth-order valence-corrected chi connectivity index (χ4v) is 0.921. The summed E-state index contributed by atoms with van der Waals surface area (Å²) in [4.78, 5) is 1.69. The minimum Gasteiger partial charge on any atom is -0.345 e. The molecule has 0 spiro atoms. The highest BCUT2D eigenvalue weighted by molar-refractivity contribution is 4.99. The van der Waals surface area contributed by atoms with Gasteiger partial charge >= 0.3 is 0 Å². The van der Waals surface area contributed by atoms with Gasteiger partial charge < -0.3 is 4.90 Å². The summed E-state index contributed by atoms with van der Waals surface area (Å²) in [6.45, 7) is 0. The van der Waals surface area contributed by atoms with Gasteiger partial charge in [0, 0.05) is 19.4 Å². The first-order valence-corrected chi connectivity index (χ1v) is 4.35. The molecule has 0 aliphatic carbocycles. The first-order chi connectivity index (χ1) is 6.72. The zero-order valence-electron chi connectivity index (χ0n) is 8.12. The third-order valence-corrected chi connectivity index (χ3v) is 1.81. The molecule has 1 atom stereocenters. The van der Waals surface area contributed by atoms with Crippen LogP contribution in [0.5, 0.6) is 0 Å². The predicted molar refractivity (Wildman–Crippen MR) is 54.9 cm³/mol. The summed E-state index contributed by atoms with van der Waals surface area (Å²) in [5.74, 6) is 0. The van der Waals surface area contributed by atoms with Gasteiger partial charge in [0.25, 0.3) is 0 Å². The summed E-state index contributed by atoms with van der Waals surface area (Å²) < 4.78 is 0. The standard InChI is InChI=1S/C6H6.C4H9N3O/c1-2-4-6-5-3-1;1-6-2-3-7(8)4(6)5/h1-6H;2-4,8H,5H2,1H3. The van der Waals surface area contributed by atoms with E-state index in [0.29, 0.717) is 0 Å². The molecule has 1 aromatic carbocycles. The van der Waals surface area contributed by atoms with Crippen LogP contribution in [0.2, 0.25) is 0 Å². The molecule has 1 heterocycles. The Kier molecular flexibility index (Phi) is 3.97. The maximum absolute atomic E-state index is 8.75. The lowest BCUT2D eigenvalue weighted by Gasteiger charge is -2.20. The van der Waals surface area contributed by atoms with Crippen LogP contribution < -0.4 is 5.73 Å². The van der Waals surface area contributed by atoms with E-state index in [1.165, 1.54) is 6.20 Å². The van der Waals surface area contributed by atoms with Gasteiger partial charge in [0.15, 0.2) is 6.29 Å². The lowest BCUT2D eigenvalue weighted by molar-refractivity contribution is -0.0965. The number of rotatable bonds is 0. The molecule has 4 heteroatoms. The van der Waals surface area contributed by atoms with E-state index in [1.54, 1.807) is 18.1 Å². The van der Waals surface area contributed by atoms with Crippen molar-refractivity contribution in [1.29, 1.82) is 0 Å². The lowest BCUT2D eigenvalue weighted by atomic mass is 10.4. The van der Waals surface area contributed by atoms with Gasteiger partial charge in [-0.15, -0.1) is 0 Å². The van der Waals surface area contributed by atoms with Gasteiger partial charge in [0.05, 0.1) is 0 Å². The molecular formula is C10H15N3O. The first kappa shape index (κ1) is 10.6. The van der Waals surface area contributed by atoms with Gasteiger partial charge in [-0.05, 0) is 0 Å². The Morgan fingerprint density at radius 2 is 1.43 bits per heavy atom. The Bertz CT molecular complexity index is 237. The van der Waals surface area contributed by atoms with E-state index >= 15 is 0 Å². The highest BCUT2D eigenvalue weighted by atomic mass is 16.5. The monoisotopic (exact) mass is 193 g/mol. The molecule has 1 aromatic rings. The van der Waals surface area contributed by atoms with Crippen LogP contribution >= 0.6 is 0 Å². The molecule has 0 saturated carbocycles. The van der Waals surface area contributed by atoms with E-state index in [-0.39, 0.29) is 0 Å². The maximum Gasteiger partial charge on any atom is 0.178 e. The smallest absolute Gasteiger partial charge is 0.178 e. The van der Waals surface area contributed by atoms with Crippen LogP contribution in [0, 0.1) is 0 Å². The second kappa shape index (κ2) is 5.26. The minimum atomic E-state index is -0.407. The molecule has 76 valence electrons. The molecule has 0 radical (unpaired) electrons. The highest BCUT2D eigenvalue weighted by Gasteiger charge is 2.15. The van der Waals surface area contributed by atoms with Gasteiger partial charge in [0.2, 0.25) is 0 Å². The number of nitrogens with two attached hydrogens (primary N) is 1. The summed E-state index contributed by atoms with van der Waals surface area (Å²) in [5, 5.41) is 9.69. The molecule has 3 N–H and O–H groups in total. The Balaban J connectivity index is 0.000000146. The normalized spacial score (nSPS) is 19.2. The van der Waals surface area contributed by atoms with Crippen LogP contribution in [0.1, 0.15) is 0 Å². The van der Waals surface area contributed by atoms with Crippen LogP contribution in [0.25, 0.3) is 0 Å². The van der Waals surface area contributed by atoms with E-state index in [4.69, 9.17) is 10.9 Å². The van der Waals surface area contributed by atoms with Gasteiger partial charge in [-0.1, -0.05) is 36.4 Å². The molecule has 0 aromatic heterocycles. The summed E-state index contributed by atoms with van der Waals surface area (Å²) in [7, 11) is 1.79. The average Bonchev–Trinajstić information content (AvgIpc) is 2.53. The molecular weight excluding hydrogens is 178 g/mol. The van der Waals surface area contributed by atoms with Gasteiger partial charge in [-0.25, -0.2) is 5.06 Å². The number of hydrogen-bond acceptors (Lipinski definition) is 4. The molecule has 14 heavy (non-hydrogen) atoms. The van der Waals surface area contributed by atoms with Crippen LogP contribution in [-0.2, 0) is 0 Å². The number of benzene rings is 1. The van der Waals surface area contributed by atoms with Gasteiger partial charge in [-0.2, -0.15) is 0 Å². The van der Waals surface area contributed by atoms with Crippen molar-refractivity contribution in [1.82, 2.24) is 9.96 Å². The van der Waals surface area contributed by atoms with Crippen LogP contribution in [-0.4, -0.2) is 28.5 Å². The fourth-order valence-electron chi connectivity index (χ4n) is 0.921. The van der Waals surface area contributed by atoms with Crippen molar-refractivity contribution in [3.8, 4) is 0 Å².